The molecule has 0 unspecified atom stereocenters. The molecule has 0 aliphatic carbocycles. The van der Waals surface area contributed by atoms with Gasteiger partial charge in [-0.2, -0.15) is 0 Å². The Labute approximate surface area is 117 Å². The Morgan fingerprint density at radius 2 is 2.16 bits per heavy atom. The number of aliphatic hydroxyl groups excluding tert-OH is 1. The lowest BCUT2D eigenvalue weighted by atomic mass is 9.90. The van der Waals surface area contributed by atoms with Gasteiger partial charge in [0.2, 0.25) is 0 Å². The molecule has 0 bridgehead atoms. The van der Waals surface area contributed by atoms with Gasteiger partial charge in [-0.25, -0.2) is 0 Å². The number of hydrogen-bond donors (Lipinski definition) is 2. The summed E-state index contributed by atoms with van der Waals surface area (Å²) in [6, 6.07) is 5.22. The molecule has 1 aromatic carbocycles. The topological polar surface area (TPSA) is 58.6 Å². The van der Waals surface area contributed by atoms with Gasteiger partial charge < -0.3 is 15.2 Å². The first-order valence-corrected chi connectivity index (χ1v) is 6.71. The molecule has 0 saturated carbocycles. The van der Waals surface area contributed by atoms with Gasteiger partial charge in [0.15, 0.2) is 0 Å². The van der Waals surface area contributed by atoms with E-state index in [4.69, 9.17) is 16.3 Å². The number of amides is 1. The number of benzene rings is 1. The number of nitrogens with one attached hydrogen (secondary N) is 1. The fraction of sp³-hybridized carbons (Fsp3) is 0.500. The molecule has 4 nitrogen and oxygen atoms in total. The molecule has 0 spiro atoms. The number of ether oxygens (including phenoxy) is 1. The molecule has 1 saturated heterocycles. The summed E-state index contributed by atoms with van der Waals surface area (Å²) in [4.78, 5) is 12.3. The van der Waals surface area contributed by atoms with E-state index >= 15 is 0 Å². The second-order valence-corrected chi connectivity index (χ2v) is 5.40. The maximum absolute atomic E-state index is 12.3. The molecule has 1 aliphatic rings. The third-order valence-electron chi connectivity index (χ3n) is 3.58. The molecule has 1 amide bonds. The van der Waals surface area contributed by atoms with E-state index in [-0.39, 0.29) is 12.5 Å². The van der Waals surface area contributed by atoms with E-state index in [0.717, 1.165) is 5.56 Å². The first-order chi connectivity index (χ1) is 9.06. The molecular formula is C14H18ClNO3. The molecule has 2 rings (SSSR count). The number of aliphatic hydroxyl groups is 1. The lowest BCUT2D eigenvalue weighted by Gasteiger charge is -2.36. The van der Waals surface area contributed by atoms with Crippen LogP contribution in [0, 0.1) is 6.92 Å². The van der Waals surface area contributed by atoms with Crippen molar-refractivity contribution in [3.05, 3.63) is 34.3 Å². The van der Waals surface area contributed by atoms with E-state index in [0.29, 0.717) is 36.6 Å². The maximum atomic E-state index is 12.3. The number of aryl methyl sites for hydroxylation is 1. The van der Waals surface area contributed by atoms with Crippen LogP contribution in [-0.4, -0.2) is 36.4 Å². The number of halogens is 1. The Kier molecular flexibility index (Phi) is 4.45. The lowest BCUT2D eigenvalue weighted by Crippen LogP contribution is -2.54. The third kappa shape index (κ3) is 3.26. The van der Waals surface area contributed by atoms with Crippen molar-refractivity contribution in [1.29, 1.82) is 0 Å². The average molecular weight is 284 g/mol. The summed E-state index contributed by atoms with van der Waals surface area (Å²) < 4.78 is 5.27. The quantitative estimate of drug-likeness (QED) is 0.891. The Hall–Kier alpha value is -1.10. The molecule has 1 aromatic rings. The highest BCUT2D eigenvalue weighted by Gasteiger charge is 2.34. The zero-order valence-electron chi connectivity index (χ0n) is 10.9. The highest BCUT2D eigenvalue weighted by Crippen LogP contribution is 2.22. The van der Waals surface area contributed by atoms with Crippen LogP contribution in [0.1, 0.15) is 28.8 Å². The molecule has 1 heterocycles. The van der Waals surface area contributed by atoms with Crippen LogP contribution in [-0.2, 0) is 4.74 Å². The van der Waals surface area contributed by atoms with Crippen LogP contribution in [0.25, 0.3) is 0 Å². The van der Waals surface area contributed by atoms with E-state index in [1.165, 1.54) is 0 Å². The van der Waals surface area contributed by atoms with E-state index in [1.54, 1.807) is 12.1 Å². The van der Waals surface area contributed by atoms with Crippen molar-refractivity contribution in [3.8, 4) is 0 Å². The van der Waals surface area contributed by atoms with Crippen LogP contribution in [0.2, 0.25) is 5.02 Å². The molecule has 104 valence electrons. The van der Waals surface area contributed by atoms with Crippen molar-refractivity contribution >= 4 is 17.5 Å². The molecule has 0 radical (unpaired) electrons. The minimum Gasteiger partial charge on any atom is -0.394 e. The summed E-state index contributed by atoms with van der Waals surface area (Å²) in [5.74, 6) is -0.198. The smallest absolute Gasteiger partial charge is 0.252 e. The van der Waals surface area contributed by atoms with E-state index < -0.39 is 5.54 Å². The van der Waals surface area contributed by atoms with E-state index in [1.807, 2.05) is 13.0 Å². The lowest BCUT2D eigenvalue weighted by molar-refractivity contribution is 0.0125. The Balaban J connectivity index is 2.17. The fourth-order valence-electron chi connectivity index (χ4n) is 2.23. The summed E-state index contributed by atoms with van der Waals surface area (Å²) in [5, 5.41) is 13.0. The van der Waals surface area contributed by atoms with Crippen LogP contribution in [0.4, 0.5) is 0 Å². The van der Waals surface area contributed by atoms with Crippen LogP contribution < -0.4 is 5.32 Å². The van der Waals surface area contributed by atoms with Crippen LogP contribution in [0.15, 0.2) is 18.2 Å². The number of hydrogen-bond acceptors (Lipinski definition) is 3. The first-order valence-electron chi connectivity index (χ1n) is 6.34. The van der Waals surface area contributed by atoms with Gasteiger partial charge in [0.05, 0.1) is 12.1 Å². The third-order valence-corrected chi connectivity index (χ3v) is 3.81. The Morgan fingerprint density at radius 1 is 1.47 bits per heavy atom. The highest BCUT2D eigenvalue weighted by atomic mass is 35.5. The SMILES string of the molecule is Cc1ccc(Cl)cc1C(=O)NC1(CO)CCOCC1. The maximum Gasteiger partial charge on any atom is 0.252 e. The van der Waals surface area contributed by atoms with Gasteiger partial charge in [-0.05, 0) is 37.5 Å². The van der Waals surface area contributed by atoms with Crippen LogP contribution in [0.5, 0.6) is 0 Å². The minimum absolute atomic E-state index is 0.0816. The van der Waals surface area contributed by atoms with Gasteiger partial charge >= 0.3 is 0 Å². The molecule has 5 heteroatoms. The summed E-state index contributed by atoms with van der Waals surface area (Å²) in [5.41, 5.74) is 0.832. The molecule has 0 atom stereocenters. The van der Waals surface area contributed by atoms with E-state index in [2.05, 4.69) is 5.32 Å². The zero-order valence-corrected chi connectivity index (χ0v) is 11.7. The highest BCUT2D eigenvalue weighted by molar-refractivity contribution is 6.31. The van der Waals surface area contributed by atoms with Gasteiger partial charge in [-0.3, -0.25) is 4.79 Å². The molecule has 1 fully saturated rings. The fourth-order valence-corrected chi connectivity index (χ4v) is 2.40. The van der Waals surface area contributed by atoms with Gasteiger partial charge in [-0.1, -0.05) is 17.7 Å². The van der Waals surface area contributed by atoms with Crippen molar-refractivity contribution in [3.63, 3.8) is 0 Å². The van der Waals surface area contributed by atoms with Crippen LogP contribution >= 0.6 is 11.6 Å². The molecule has 0 aromatic heterocycles. The summed E-state index contributed by atoms with van der Waals surface area (Å²) in [7, 11) is 0. The predicted molar refractivity (Wildman–Crippen MR) is 73.5 cm³/mol. The van der Waals surface area contributed by atoms with Crippen LogP contribution in [0.3, 0.4) is 0 Å². The van der Waals surface area contributed by atoms with Gasteiger partial charge in [0.1, 0.15) is 0 Å². The molecule has 1 aliphatic heterocycles. The van der Waals surface area contributed by atoms with Gasteiger partial charge in [0.25, 0.3) is 5.91 Å². The minimum atomic E-state index is -0.579. The van der Waals surface area contributed by atoms with Gasteiger partial charge in [0, 0.05) is 23.8 Å². The van der Waals surface area contributed by atoms with Gasteiger partial charge in [-0.15, -0.1) is 0 Å². The average Bonchev–Trinajstić information content (AvgIpc) is 2.42. The first kappa shape index (κ1) is 14.3. The normalized spacial score (nSPS) is 18.1. The molecule has 19 heavy (non-hydrogen) atoms. The number of rotatable bonds is 3. The predicted octanol–water partition coefficient (Wildman–Crippen LogP) is 1.92. The molecular weight excluding hydrogens is 266 g/mol. The van der Waals surface area contributed by atoms with E-state index in [9.17, 15) is 9.90 Å². The standard InChI is InChI=1S/C14H18ClNO3/c1-10-2-3-11(15)8-12(10)13(18)16-14(9-17)4-6-19-7-5-14/h2-3,8,17H,4-7,9H2,1H3,(H,16,18). The van der Waals surface area contributed by atoms with Crippen molar-refractivity contribution in [2.45, 2.75) is 25.3 Å². The molecule has 2 N–H and O–H groups in total. The van der Waals surface area contributed by atoms with Crippen molar-refractivity contribution in [2.24, 2.45) is 0 Å². The number of carbonyl (C=O) groups is 1. The second kappa shape index (κ2) is 5.90. The Bertz CT molecular complexity index is 470. The van der Waals surface area contributed by atoms with Crippen molar-refractivity contribution < 1.29 is 14.6 Å². The van der Waals surface area contributed by atoms with Crippen molar-refractivity contribution in [2.75, 3.05) is 19.8 Å². The number of carbonyl (C=O) groups excluding carboxylic acids is 1. The largest absolute Gasteiger partial charge is 0.394 e. The summed E-state index contributed by atoms with van der Waals surface area (Å²) in [6.07, 6.45) is 1.24. The summed E-state index contributed by atoms with van der Waals surface area (Å²) >= 11 is 5.92. The second-order valence-electron chi connectivity index (χ2n) is 4.96. The Morgan fingerprint density at radius 3 is 2.79 bits per heavy atom. The summed E-state index contributed by atoms with van der Waals surface area (Å²) in [6.45, 7) is 2.88. The van der Waals surface area contributed by atoms with Crippen molar-refractivity contribution in [1.82, 2.24) is 5.32 Å². The zero-order chi connectivity index (χ0) is 13.9. The monoisotopic (exact) mass is 283 g/mol.